The van der Waals surface area contributed by atoms with E-state index in [4.69, 9.17) is 4.99 Å². The van der Waals surface area contributed by atoms with Crippen LogP contribution in [-0.2, 0) is 0 Å². The standard InChI is InChI=1S/C48H37N3/c1-33(35-17-5-3-6-18-35)29-44(49-34(2)36-19-7-4-8-20-36)37-30-38(50-45-25-13-9-21-40(45)41-22-10-14-26-46(41)50)32-39(31-37)51-47-27-15-11-23-42(47)43-24-12-16-28-48(43)51/h3-32,34H,1-2H3/b33-29+,49-44?. The Labute approximate surface area is 298 Å². The van der Waals surface area contributed by atoms with Crippen LogP contribution in [0.25, 0.3) is 60.6 Å². The molecule has 7 aromatic carbocycles. The Morgan fingerprint density at radius 1 is 0.471 bits per heavy atom. The Morgan fingerprint density at radius 2 is 0.863 bits per heavy atom. The maximum Gasteiger partial charge on any atom is 0.0728 e. The van der Waals surface area contributed by atoms with Crippen molar-refractivity contribution in [3.8, 4) is 11.4 Å². The summed E-state index contributed by atoms with van der Waals surface area (Å²) < 4.78 is 4.83. The number of fused-ring (bicyclic) bond motifs is 6. The second kappa shape index (κ2) is 12.8. The Bertz CT molecular complexity index is 2520. The Morgan fingerprint density at radius 3 is 1.31 bits per heavy atom. The van der Waals surface area contributed by atoms with Crippen LogP contribution in [0.5, 0.6) is 0 Å². The van der Waals surface area contributed by atoms with Crippen molar-refractivity contribution < 1.29 is 0 Å². The highest BCUT2D eigenvalue weighted by atomic mass is 15.0. The van der Waals surface area contributed by atoms with Crippen LogP contribution in [0.2, 0.25) is 0 Å². The molecule has 51 heavy (non-hydrogen) atoms. The minimum atomic E-state index is -0.0467. The molecule has 2 heterocycles. The fourth-order valence-electron chi connectivity index (χ4n) is 7.60. The molecule has 0 N–H and O–H groups in total. The van der Waals surface area contributed by atoms with Crippen LogP contribution < -0.4 is 0 Å². The zero-order valence-corrected chi connectivity index (χ0v) is 28.7. The van der Waals surface area contributed by atoms with E-state index in [-0.39, 0.29) is 6.04 Å². The first-order valence-corrected chi connectivity index (χ1v) is 17.6. The zero-order chi connectivity index (χ0) is 34.3. The van der Waals surface area contributed by atoms with E-state index in [1.165, 1.54) is 54.7 Å². The normalized spacial score (nSPS) is 13.1. The van der Waals surface area contributed by atoms with E-state index < -0.39 is 0 Å². The van der Waals surface area contributed by atoms with Gasteiger partial charge in [0.1, 0.15) is 0 Å². The Hall–Kier alpha value is -6.45. The number of aliphatic imine (C=N–C) groups is 1. The van der Waals surface area contributed by atoms with E-state index in [2.05, 4.69) is 205 Å². The molecule has 0 aliphatic rings. The summed E-state index contributed by atoms with van der Waals surface area (Å²) in [6.07, 6.45) is 2.26. The first kappa shape index (κ1) is 30.6. The van der Waals surface area contributed by atoms with Gasteiger partial charge in [-0.3, -0.25) is 4.99 Å². The van der Waals surface area contributed by atoms with Crippen LogP contribution in [-0.4, -0.2) is 14.8 Å². The molecule has 0 fully saturated rings. The van der Waals surface area contributed by atoms with Crippen molar-refractivity contribution in [1.82, 2.24) is 9.13 Å². The summed E-state index contributed by atoms with van der Waals surface area (Å²) in [7, 11) is 0. The monoisotopic (exact) mass is 655 g/mol. The second-order valence-corrected chi connectivity index (χ2v) is 13.3. The number of nitrogens with zero attached hydrogens (tertiary/aromatic N) is 3. The summed E-state index contributed by atoms with van der Waals surface area (Å²) in [4.78, 5) is 5.50. The first-order valence-electron chi connectivity index (χ1n) is 17.6. The van der Waals surface area contributed by atoms with Crippen molar-refractivity contribution in [2.45, 2.75) is 19.9 Å². The fraction of sp³-hybridized carbons (Fsp3) is 0.0625. The highest BCUT2D eigenvalue weighted by molar-refractivity contribution is 6.14. The lowest BCUT2D eigenvalue weighted by Gasteiger charge is -2.17. The fourth-order valence-corrected chi connectivity index (χ4v) is 7.60. The van der Waals surface area contributed by atoms with Gasteiger partial charge in [-0.25, -0.2) is 0 Å². The molecular formula is C48H37N3. The summed E-state index contributed by atoms with van der Waals surface area (Å²) in [5.74, 6) is 0. The van der Waals surface area contributed by atoms with Gasteiger partial charge in [0.25, 0.3) is 0 Å². The molecule has 0 aliphatic heterocycles. The Balaban J connectivity index is 1.37. The first-order chi connectivity index (χ1) is 25.1. The minimum Gasteiger partial charge on any atom is -0.309 e. The number of aromatic nitrogens is 2. The molecule has 3 heteroatoms. The number of rotatable bonds is 7. The summed E-state index contributed by atoms with van der Waals surface area (Å²) in [5.41, 5.74) is 12.4. The average molecular weight is 656 g/mol. The third kappa shape index (κ3) is 5.44. The van der Waals surface area contributed by atoms with E-state index in [1.807, 2.05) is 0 Å². The molecule has 244 valence electrons. The summed E-state index contributed by atoms with van der Waals surface area (Å²) in [6, 6.07) is 63.0. The highest BCUT2D eigenvalue weighted by Gasteiger charge is 2.18. The number of allylic oxidation sites excluding steroid dienone is 2. The van der Waals surface area contributed by atoms with Gasteiger partial charge in [-0.2, -0.15) is 0 Å². The van der Waals surface area contributed by atoms with Gasteiger partial charge in [0.2, 0.25) is 0 Å². The molecule has 9 aromatic rings. The van der Waals surface area contributed by atoms with Crippen LogP contribution in [0.15, 0.2) is 187 Å². The zero-order valence-electron chi connectivity index (χ0n) is 28.7. The third-order valence-corrected chi connectivity index (χ3v) is 10.1. The van der Waals surface area contributed by atoms with Crippen molar-refractivity contribution in [2.24, 2.45) is 4.99 Å². The van der Waals surface area contributed by atoms with Crippen LogP contribution in [0, 0.1) is 0 Å². The average Bonchev–Trinajstić information content (AvgIpc) is 3.71. The molecule has 1 atom stereocenters. The molecule has 0 amide bonds. The van der Waals surface area contributed by atoms with Gasteiger partial charge in [0.05, 0.1) is 33.8 Å². The van der Waals surface area contributed by atoms with Gasteiger partial charge in [-0.05, 0) is 79.1 Å². The molecule has 1 unspecified atom stereocenters. The molecule has 0 bridgehead atoms. The van der Waals surface area contributed by atoms with Crippen LogP contribution in [0.3, 0.4) is 0 Å². The van der Waals surface area contributed by atoms with Gasteiger partial charge in [0.15, 0.2) is 0 Å². The van der Waals surface area contributed by atoms with Gasteiger partial charge in [0, 0.05) is 38.5 Å². The smallest absolute Gasteiger partial charge is 0.0728 e. The van der Waals surface area contributed by atoms with Crippen molar-refractivity contribution in [3.05, 3.63) is 199 Å². The predicted molar refractivity (Wildman–Crippen MR) is 217 cm³/mol. The Kier molecular flexibility index (Phi) is 7.67. The summed E-state index contributed by atoms with van der Waals surface area (Å²) in [5, 5.41) is 4.96. The van der Waals surface area contributed by atoms with Gasteiger partial charge < -0.3 is 9.13 Å². The van der Waals surface area contributed by atoms with E-state index in [1.54, 1.807) is 0 Å². The lowest BCUT2D eigenvalue weighted by atomic mass is 10.0. The number of para-hydroxylation sites is 4. The largest absolute Gasteiger partial charge is 0.309 e. The predicted octanol–water partition coefficient (Wildman–Crippen LogP) is 12.5. The third-order valence-electron chi connectivity index (χ3n) is 10.1. The molecule has 2 aromatic heterocycles. The molecule has 3 nitrogen and oxygen atoms in total. The quantitative estimate of drug-likeness (QED) is 0.153. The SMILES string of the molecule is C/C(=C\C(=NC(C)c1ccccc1)c1cc(-n2c3ccccc3c3ccccc32)cc(-n2c3ccccc3c3ccccc32)c1)c1ccccc1. The number of hydrogen-bond donors (Lipinski definition) is 0. The topological polar surface area (TPSA) is 22.2 Å². The maximum atomic E-state index is 5.50. The molecule has 0 saturated carbocycles. The van der Waals surface area contributed by atoms with Gasteiger partial charge >= 0.3 is 0 Å². The van der Waals surface area contributed by atoms with Crippen LogP contribution in [0.4, 0.5) is 0 Å². The molecule has 9 rings (SSSR count). The van der Waals surface area contributed by atoms with Crippen LogP contribution >= 0.6 is 0 Å². The van der Waals surface area contributed by atoms with Crippen molar-refractivity contribution in [1.29, 1.82) is 0 Å². The minimum absolute atomic E-state index is 0.0467. The number of hydrogen-bond acceptors (Lipinski definition) is 1. The maximum absolute atomic E-state index is 5.50. The van der Waals surface area contributed by atoms with Crippen molar-refractivity contribution in [3.63, 3.8) is 0 Å². The van der Waals surface area contributed by atoms with Gasteiger partial charge in [-0.1, -0.05) is 133 Å². The molecule has 0 saturated heterocycles. The van der Waals surface area contributed by atoms with E-state index in [0.717, 1.165) is 28.2 Å². The summed E-state index contributed by atoms with van der Waals surface area (Å²) >= 11 is 0. The number of benzene rings is 7. The molecular weight excluding hydrogens is 619 g/mol. The van der Waals surface area contributed by atoms with E-state index in [9.17, 15) is 0 Å². The lowest BCUT2D eigenvalue weighted by molar-refractivity contribution is 0.821. The molecule has 0 spiro atoms. The van der Waals surface area contributed by atoms with E-state index in [0.29, 0.717) is 0 Å². The summed E-state index contributed by atoms with van der Waals surface area (Å²) in [6.45, 7) is 4.37. The van der Waals surface area contributed by atoms with Crippen molar-refractivity contribution in [2.75, 3.05) is 0 Å². The van der Waals surface area contributed by atoms with Gasteiger partial charge in [-0.15, -0.1) is 0 Å². The molecule has 0 radical (unpaired) electrons. The van der Waals surface area contributed by atoms with E-state index >= 15 is 0 Å². The lowest BCUT2D eigenvalue weighted by Crippen LogP contribution is -2.07. The van der Waals surface area contributed by atoms with Crippen LogP contribution in [0.1, 0.15) is 36.6 Å². The highest BCUT2D eigenvalue weighted by Crippen LogP contribution is 2.36. The second-order valence-electron chi connectivity index (χ2n) is 13.3. The molecule has 0 aliphatic carbocycles. The van der Waals surface area contributed by atoms with Crippen molar-refractivity contribution >= 4 is 54.9 Å².